The molecule has 0 aliphatic heterocycles. The predicted octanol–water partition coefficient (Wildman–Crippen LogP) is 4.21. The van der Waals surface area contributed by atoms with E-state index in [0.717, 1.165) is 41.4 Å². The molecule has 7 heteroatoms. The molecule has 132 valence electrons. The van der Waals surface area contributed by atoms with Crippen molar-refractivity contribution in [2.75, 3.05) is 5.32 Å². The molecule has 1 aliphatic carbocycles. The van der Waals surface area contributed by atoms with E-state index < -0.39 is 6.04 Å². The van der Waals surface area contributed by atoms with Crippen LogP contribution >= 0.6 is 27.3 Å². The van der Waals surface area contributed by atoms with Crippen LogP contribution in [0.25, 0.3) is 11.3 Å². The lowest BCUT2D eigenvalue weighted by molar-refractivity contribution is -0.126. The molecule has 3 rings (SSSR count). The summed E-state index contributed by atoms with van der Waals surface area (Å²) in [5, 5.41) is 8.15. The van der Waals surface area contributed by atoms with Gasteiger partial charge in [-0.15, -0.1) is 11.3 Å². The number of aromatic nitrogens is 1. The molecule has 1 heterocycles. The van der Waals surface area contributed by atoms with E-state index in [1.54, 1.807) is 0 Å². The van der Waals surface area contributed by atoms with Crippen molar-refractivity contribution < 1.29 is 9.59 Å². The molecule has 1 aromatic heterocycles. The highest BCUT2D eigenvalue weighted by Gasteiger charge is 2.31. The van der Waals surface area contributed by atoms with E-state index in [1.807, 2.05) is 29.6 Å². The lowest BCUT2D eigenvalue weighted by Crippen LogP contribution is -2.47. The number of halogens is 1. The number of thiazole rings is 1. The SMILES string of the molecule is CC(=O)NC(C(=O)Nc1nc(-c2ccc(Br)cc2)cs1)C1CCCC1. The van der Waals surface area contributed by atoms with Gasteiger partial charge in [-0.3, -0.25) is 9.59 Å². The summed E-state index contributed by atoms with van der Waals surface area (Å²) in [7, 11) is 0. The Morgan fingerprint density at radius 3 is 2.56 bits per heavy atom. The van der Waals surface area contributed by atoms with Gasteiger partial charge in [-0.1, -0.05) is 40.9 Å². The van der Waals surface area contributed by atoms with Gasteiger partial charge >= 0.3 is 0 Å². The van der Waals surface area contributed by atoms with Gasteiger partial charge in [0.15, 0.2) is 5.13 Å². The molecule has 0 radical (unpaired) electrons. The highest BCUT2D eigenvalue weighted by atomic mass is 79.9. The Morgan fingerprint density at radius 1 is 1.24 bits per heavy atom. The third-order valence-electron chi connectivity index (χ3n) is 4.39. The Bertz CT molecular complexity index is 754. The van der Waals surface area contributed by atoms with Crippen molar-refractivity contribution in [3.8, 4) is 11.3 Å². The van der Waals surface area contributed by atoms with Crippen LogP contribution in [0.4, 0.5) is 5.13 Å². The third-order valence-corrected chi connectivity index (χ3v) is 5.67. The zero-order valence-electron chi connectivity index (χ0n) is 13.9. The van der Waals surface area contributed by atoms with E-state index >= 15 is 0 Å². The molecular weight excluding hydrogens is 402 g/mol. The van der Waals surface area contributed by atoms with Crippen LogP contribution in [0.1, 0.15) is 32.6 Å². The van der Waals surface area contributed by atoms with Crippen LogP contribution in [0.15, 0.2) is 34.1 Å². The van der Waals surface area contributed by atoms with Crippen molar-refractivity contribution in [2.24, 2.45) is 5.92 Å². The second-order valence-corrected chi connectivity index (χ2v) is 8.03. The highest BCUT2D eigenvalue weighted by Crippen LogP contribution is 2.30. The number of carbonyl (C=O) groups excluding carboxylic acids is 2. The van der Waals surface area contributed by atoms with Crippen molar-refractivity contribution >= 4 is 44.2 Å². The third kappa shape index (κ3) is 4.67. The number of hydrogen-bond acceptors (Lipinski definition) is 4. The van der Waals surface area contributed by atoms with Gasteiger partial charge < -0.3 is 10.6 Å². The number of nitrogens with zero attached hydrogens (tertiary/aromatic N) is 1. The molecule has 1 atom stereocenters. The maximum atomic E-state index is 12.7. The summed E-state index contributed by atoms with van der Waals surface area (Å²) in [5.74, 6) is -0.157. The molecule has 0 spiro atoms. The Morgan fingerprint density at radius 2 is 1.92 bits per heavy atom. The average molecular weight is 422 g/mol. The van der Waals surface area contributed by atoms with Crippen molar-refractivity contribution in [3.63, 3.8) is 0 Å². The van der Waals surface area contributed by atoms with Gasteiger partial charge in [-0.2, -0.15) is 0 Å². The topological polar surface area (TPSA) is 71.1 Å². The van der Waals surface area contributed by atoms with Crippen LogP contribution in [0.3, 0.4) is 0 Å². The number of rotatable bonds is 5. The van der Waals surface area contributed by atoms with Crippen LogP contribution < -0.4 is 10.6 Å². The monoisotopic (exact) mass is 421 g/mol. The minimum atomic E-state index is -0.486. The molecule has 2 N–H and O–H groups in total. The highest BCUT2D eigenvalue weighted by molar-refractivity contribution is 9.10. The number of hydrogen-bond donors (Lipinski definition) is 2. The Balaban J connectivity index is 1.70. The van der Waals surface area contributed by atoms with E-state index in [4.69, 9.17) is 0 Å². The summed E-state index contributed by atoms with van der Waals surface area (Å²) >= 11 is 4.80. The van der Waals surface area contributed by atoms with E-state index in [2.05, 4.69) is 31.5 Å². The lowest BCUT2D eigenvalue weighted by atomic mass is 9.97. The van der Waals surface area contributed by atoms with Crippen LogP contribution in [-0.4, -0.2) is 22.8 Å². The molecule has 1 aromatic carbocycles. The van der Waals surface area contributed by atoms with Crippen LogP contribution in [0.5, 0.6) is 0 Å². The molecular formula is C18H20BrN3O2S. The largest absolute Gasteiger partial charge is 0.344 e. The van der Waals surface area contributed by atoms with Crippen molar-refractivity contribution in [1.82, 2.24) is 10.3 Å². The maximum absolute atomic E-state index is 12.7. The molecule has 1 aliphatic rings. The first-order valence-corrected chi connectivity index (χ1v) is 9.99. The van der Waals surface area contributed by atoms with Crippen LogP contribution in [-0.2, 0) is 9.59 Å². The number of amides is 2. The molecule has 1 saturated carbocycles. The molecule has 1 fully saturated rings. The zero-order valence-corrected chi connectivity index (χ0v) is 16.3. The maximum Gasteiger partial charge on any atom is 0.249 e. The quantitative estimate of drug-likeness (QED) is 0.759. The Hall–Kier alpha value is -1.73. The number of benzene rings is 1. The molecule has 5 nitrogen and oxygen atoms in total. The first kappa shape index (κ1) is 18.1. The van der Waals surface area contributed by atoms with Crippen molar-refractivity contribution in [3.05, 3.63) is 34.1 Å². The molecule has 2 amide bonds. The van der Waals surface area contributed by atoms with Crippen LogP contribution in [0.2, 0.25) is 0 Å². The summed E-state index contributed by atoms with van der Waals surface area (Å²) in [6.07, 6.45) is 4.17. The molecule has 2 aromatic rings. The standard InChI is InChI=1S/C18H20BrN3O2S/c1-11(23)20-16(13-4-2-3-5-13)17(24)22-18-21-15(10-25-18)12-6-8-14(19)9-7-12/h6-10,13,16H,2-5H2,1H3,(H,20,23)(H,21,22,24). The van der Waals surface area contributed by atoms with Gasteiger partial charge in [0.1, 0.15) is 6.04 Å². The van der Waals surface area contributed by atoms with Gasteiger partial charge in [0.05, 0.1) is 5.69 Å². The van der Waals surface area contributed by atoms with Gasteiger partial charge in [-0.25, -0.2) is 4.98 Å². The van der Waals surface area contributed by atoms with Gasteiger partial charge in [0.25, 0.3) is 0 Å². The fourth-order valence-corrected chi connectivity index (χ4v) is 4.16. The summed E-state index contributed by atoms with van der Waals surface area (Å²) in [5.41, 5.74) is 1.82. The lowest BCUT2D eigenvalue weighted by Gasteiger charge is -2.22. The average Bonchev–Trinajstić information content (AvgIpc) is 3.25. The number of nitrogens with one attached hydrogen (secondary N) is 2. The van der Waals surface area contributed by atoms with Crippen LogP contribution in [0, 0.1) is 5.92 Å². The minimum absolute atomic E-state index is 0.179. The molecule has 0 saturated heterocycles. The summed E-state index contributed by atoms with van der Waals surface area (Å²) in [4.78, 5) is 28.6. The normalized spacial score (nSPS) is 15.8. The number of carbonyl (C=O) groups is 2. The second-order valence-electron chi connectivity index (χ2n) is 6.26. The van der Waals surface area contributed by atoms with E-state index in [0.29, 0.717) is 5.13 Å². The Kier molecular flexibility index (Phi) is 5.86. The fraction of sp³-hybridized carbons (Fsp3) is 0.389. The van der Waals surface area contributed by atoms with E-state index in [1.165, 1.54) is 18.3 Å². The Labute approximate surface area is 159 Å². The van der Waals surface area contributed by atoms with Gasteiger partial charge in [0.2, 0.25) is 11.8 Å². The molecule has 0 bridgehead atoms. The summed E-state index contributed by atoms with van der Waals surface area (Å²) in [6, 6.07) is 7.38. The molecule has 1 unspecified atom stereocenters. The zero-order chi connectivity index (χ0) is 17.8. The fourth-order valence-electron chi connectivity index (χ4n) is 3.17. The first-order chi connectivity index (χ1) is 12.0. The predicted molar refractivity (Wildman–Crippen MR) is 103 cm³/mol. The van der Waals surface area contributed by atoms with Gasteiger partial charge in [0, 0.05) is 22.3 Å². The van der Waals surface area contributed by atoms with Crippen molar-refractivity contribution in [1.29, 1.82) is 0 Å². The summed E-state index contributed by atoms with van der Waals surface area (Å²) < 4.78 is 1.01. The van der Waals surface area contributed by atoms with Crippen molar-refractivity contribution in [2.45, 2.75) is 38.6 Å². The van der Waals surface area contributed by atoms with E-state index in [9.17, 15) is 9.59 Å². The second kappa shape index (κ2) is 8.10. The first-order valence-electron chi connectivity index (χ1n) is 8.32. The van der Waals surface area contributed by atoms with E-state index in [-0.39, 0.29) is 17.7 Å². The number of anilines is 1. The summed E-state index contributed by atoms with van der Waals surface area (Å²) in [6.45, 7) is 1.45. The smallest absolute Gasteiger partial charge is 0.249 e. The van der Waals surface area contributed by atoms with Gasteiger partial charge in [-0.05, 0) is 30.9 Å². The minimum Gasteiger partial charge on any atom is -0.344 e. The molecule has 25 heavy (non-hydrogen) atoms.